The predicted octanol–water partition coefficient (Wildman–Crippen LogP) is 3.47. The Labute approximate surface area is 175 Å². The van der Waals surface area contributed by atoms with Crippen molar-refractivity contribution in [3.05, 3.63) is 36.0 Å². The number of rotatable bonds is 7. The minimum atomic E-state index is 0.0796. The number of amides is 1. The summed E-state index contributed by atoms with van der Waals surface area (Å²) < 4.78 is 2.12. The molecule has 1 amide bonds. The molecule has 0 unspecified atom stereocenters. The number of fused-ring (bicyclic) bond motifs is 1. The van der Waals surface area contributed by atoms with E-state index < -0.39 is 0 Å². The number of piperidine rings is 1. The molecule has 0 bridgehead atoms. The summed E-state index contributed by atoms with van der Waals surface area (Å²) in [6, 6.07) is 8.68. The smallest absolute Gasteiger partial charge is 0.240 e. The van der Waals surface area contributed by atoms with Gasteiger partial charge in [0.25, 0.3) is 0 Å². The molecule has 0 saturated carbocycles. The maximum atomic E-state index is 12.3. The van der Waals surface area contributed by atoms with E-state index in [2.05, 4.69) is 50.1 Å². The third-order valence-electron chi connectivity index (χ3n) is 6.35. The van der Waals surface area contributed by atoms with Gasteiger partial charge in [-0.15, -0.1) is 0 Å². The van der Waals surface area contributed by atoms with Crippen LogP contribution in [-0.4, -0.2) is 59.0 Å². The minimum absolute atomic E-state index is 0.0796. The van der Waals surface area contributed by atoms with Gasteiger partial charge in [0.15, 0.2) is 0 Å². The Bertz CT molecular complexity index is 821. The van der Waals surface area contributed by atoms with Crippen LogP contribution in [0.5, 0.6) is 0 Å². The first-order chi connectivity index (χ1) is 14.1. The highest BCUT2D eigenvalue weighted by Crippen LogP contribution is 2.26. The first-order valence-electron chi connectivity index (χ1n) is 11.4. The van der Waals surface area contributed by atoms with Crippen molar-refractivity contribution in [3.8, 4) is 0 Å². The first-order valence-corrected chi connectivity index (χ1v) is 11.4. The van der Waals surface area contributed by atoms with E-state index in [1.54, 1.807) is 0 Å². The molecule has 29 heavy (non-hydrogen) atoms. The number of hydrogen-bond donors (Lipinski definition) is 1. The molecule has 5 nitrogen and oxygen atoms in total. The Morgan fingerprint density at radius 3 is 2.66 bits per heavy atom. The average Bonchev–Trinajstić information content (AvgIpc) is 3.30. The lowest BCUT2D eigenvalue weighted by Crippen LogP contribution is -2.40. The number of likely N-dealkylation sites (tertiary alicyclic amines) is 2. The van der Waals surface area contributed by atoms with Crippen LogP contribution in [0.2, 0.25) is 0 Å². The van der Waals surface area contributed by atoms with Crippen LogP contribution in [0.3, 0.4) is 0 Å². The lowest BCUT2D eigenvalue weighted by atomic mass is 9.97. The van der Waals surface area contributed by atoms with Crippen LogP contribution in [0.1, 0.15) is 45.1 Å². The van der Waals surface area contributed by atoms with Gasteiger partial charge in [0.2, 0.25) is 5.91 Å². The Kier molecular flexibility index (Phi) is 6.56. The quantitative estimate of drug-likeness (QED) is 0.779. The lowest BCUT2D eigenvalue weighted by molar-refractivity contribution is -0.122. The summed E-state index contributed by atoms with van der Waals surface area (Å²) in [5.74, 6) is 0.878. The molecule has 5 heteroatoms. The van der Waals surface area contributed by atoms with E-state index in [-0.39, 0.29) is 11.9 Å². The molecule has 1 N–H and O–H groups in total. The van der Waals surface area contributed by atoms with E-state index in [1.807, 2.05) is 13.8 Å². The Morgan fingerprint density at radius 1 is 1.10 bits per heavy atom. The fourth-order valence-electron chi connectivity index (χ4n) is 5.12. The van der Waals surface area contributed by atoms with Gasteiger partial charge in [0.1, 0.15) is 6.54 Å². The highest BCUT2D eigenvalue weighted by atomic mass is 16.2. The molecular weight excluding hydrogens is 360 g/mol. The summed E-state index contributed by atoms with van der Waals surface area (Å²) >= 11 is 0. The van der Waals surface area contributed by atoms with E-state index in [9.17, 15) is 4.79 Å². The molecule has 2 aromatic rings. The number of benzene rings is 1. The molecule has 1 aromatic heterocycles. The molecule has 0 spiro atoms. The maximum absolute atomic E-state index is 12.3. The van der Waals surface area contributed by atoms with Crippen LogP contribution < -0.4 is 5.32 Å². The average molecular weight is 397 g/mol. The van der Waals surface area contributed by atoms with Gasteiger partial charge in [-0.3, -0.25) is 9.69 Å². The summed E-state index contributed by atoms with van der Waals surface area (Å²) in [5, 5.41) is 4.30. The molecule has 1 aromatic carbocycles. The monoisotopic (exact) mass is 396 g/mol. The highest BCUT2D eigenvalue weighted by molar-refractivity contribution is 5.86. The fourth-order valence-corrected chi connectivity index (χ4v) is 5.12. The Morgan fingerprint density at radius 2 is 1.86 bits per heavy atom. The second-order valence-electron chi connectivity index (χ2n) is 9.27. The second kappa shape index (κ2) is 9.31. The zero-order valence-corrected chi connectivity index (χ0v) is 18.1. The van der Waals surface area contributed by atoms with E-state index >= 15 is 0 Å². The van der Waals surface area contributed by atoms with Crippen LogP contribution in [0, 0.1) is 5.92 Å². The van der Waals surface area contributed by atoms with Gasteiger partial charge in [-0.25, -0.2) is 0 Å². The minimum Gasteiger partial charge on any atom is -0.352 e. The number of hydrogen-bond acceptors (Lipinski definition) is 3. The number of carbonyl (C=O) groups is 1. The highest BCUT2D eigenvalue weighted by Gasteiger charge is 2.24. The topological polar surface area (TPSA) is 40.5 Å². The van der Waals surface area contributed by atoms with Crippen LogP contribution in [0.25, 0.3) is 10.9 Å². The van der Waals surface area contributed by atoms with Gasteiger partial charge in [0, 0.05) is 42.8 Å². The molecule has 0 aliphatic carbocycles. The number of aromatic nitrogens is 1. The molecule has 4 rings (SSSR count). The fraction of sp³-hybridized carbons (Fsp3) is 0.625. The largest absolute Gasteiger partial charge is 0.352 e. The summed E-state index contributed by atoms with van der Waals surface area (Å²) in [6.45, 7) is 11.6. The molecular formula is C24H36N4O. The second-order valence-corrected chi connectivity index (χ2v) is 9.27. The van der Waals surface area contributed by atoms with Crippen molar-refractivity contribution in [2.45, 2.75) is 58.7 Å². The Balaban J connectivity index is 1.45. The molecule has 2 saturated heterocycles. The summed E-state index contributed by atoms with van der Waals surface area (Å²) in [4.78, 5) is 17.6. The van der Waals surface area contributed by atoms with Crippen molar-refractivity contribution < 1.29 is 4.79 Å². The van der Waals surface area contributed by atoms with Crippen molar-refractivity contribution in [1.29, 1.82) is 0 Å². The zero-order valence-electron chi connectivity index (χ0n) is 18.1. The normalized spacial score (nSPS) is 21.3. The van der Waals surface area contributed by atoms with Gasteiger partial charge < -0.3 is 14.8 Å². The van der Waals surface area contributed by atoms with Crippen molar-refractivity contribution in [1.82, 2.24) is 19.7 Å². The summed E-state index contributed by atoms with van der Waals surface area (Å²) in [6.07, 6.45) is 7.62. The first kappa shape index (κ1) is 20.4. The van der Waals surface area contributed by atoms with Crippen molar-refractivity contribution >= 4 is 16.8 Å². The van der Waals surface area contributed by atoms with E-state index in [1.165, 1.54) is 69.4 Å². The third-order valence-corrected chi connectivity index (χ3v) is 6.35. The van der Waals surface area contributed by atoms with Crippen molar-refractivity contribution in [2.75, 3.05) is 32.7 Å². The van der Waals surface area contributed by atoms with Crippen LogP contribution in [0.4, 0.5) is 0 Å². The number of para-hydroxylation sites is 1. The number of nitrogens with zero attached hydrogens (tertiary/aromatic N) is 3. The molecule has 2 aliphatic rings. The molecule has 158 valence electrons. The van der Waals surface area contributed by atoms with Gasteiger partial charge >= 0.3 is 0 Å². The maximum Gasteiger partial charge on any atom is 0.240 e. The molecule has 2 fully saturated rings. The zero-order chi connectivity index (χ0) is 20.2. The van der Waals surface area contributed by atoms with Crippen LogP contribution >= 0.6 is 0 Å². The number of carbonyl (C=O) groups excluding carboxylic acids is 1. The number of nitrogens with one attached hydrogen (secondary N) is 1. The molecule has 1 atom stereocenters. The van der Waals surface area contributed by atoms with Crippen molar-refractivity contribution in [2.24, 2.45) is 5.92 Å². The lowest BCUT2D eigenvalue weighted by Gasteiger charge is -2.34. The standard InChI is InChI=1S/C24H36N4O/c1-19(2)25-24(29)18-28-17-21(22-9-3-4-10-23(22)28)16-27-13-7-8-20(15-27)14-26-11-5-6-12-26/h3-4,9-10,17,19-20H,5-8,11-16,18H2,1-2H3,(H,25,29)/t20-/m0/s1. The van der Waals surface area contributed by atoms with Crippen LogP contribution in [0.15, 0.2) is 30.5 Å². The third kappa shape index (κ3) is 5.20. The summed E-state index contributed by atoms with van der Waals surface area (Å²) in [5.41, 5.74) is 2.51. The van der Waals surface area contributed by atoms with E-state index in [0.29, 0.717) is 6.54 Å². The van der Waals surface area contributed by atoms with Gasteiger partial charge in [0.05, 0.1) is 0 Å². The predicted molar refractivity (Wildman–Crippen MR) is 119 cm³/mol. The molecule has 3 heterocycles. The SMILES string of the molecule is CC(C)NC(=O)Cn1cc(CN2CCC[C@@H](CN3CCCC3)C2)c2ccccc21. The molecule has 0 radical (unpaired) electrons. The molecule has 2 aliphatic heterocycles. The van der Waals surface area contributed by atoms with E-state index in [0.717, 1.165) is 18.0 Å². The van der Waals surface area contributed by atoms with E-state index in [4.69, 9.17) is 0 Å². The van der Waals surface area contributed by atoms with Gasteiger partial charge in [-0.2, -0.15) is 0 Å². The van der Waals surface area contributed by atoms with Crippen molar-refractivity contribution in [3.63, 3.8) is 0 Å². The van der Waals surface area contributed by atoms with Gasteiger partial charge in [-0.1, -0.05) is 18.2 Å². The Hall–Kier alpha value is -1.85. The van der Waals surface area contributed by atoms with Gasteiger partial charge in [-0.05, 0) is 76.7 Å². The van der Waals surface area contributed by atoms with Crippen LogP contribution in [-0.2, 0) is 17.9 Å². The summed E-state index contributed by atoms with van der Waals surface area (Å²) in [7, 11) is 0.